The van der Waals surface area contributed by atoms with Gasteiger partial charge in [0.05, 0.1) is 17.8 Å². The number of nitrogens with one attached hydrogen (secondary N) is 2. The topological polar surface area (TPSA) is 192 Å². The molecular weight excluding hydrogens is 478 g/mol. The second kappa shape index (κ2) is 10.1. The minimum atomic E-state index is -1.05. The molecular formula is C24H27N9O2S. The molecule has 2 aromatic heterocycles. The zero-order valence-electron chi connectivity index (χ0n) is 19.5. The van der Waals surface area contributed by atoms with Gasteiger partial charge >= 0.3 is 0 Å². The highest BCUT2D eigenvalue weighted by atomic mass is 32.2. The van der Waals surface area contributed by atoms with Crippen molar-refractivity contribution in [3.63, 3.8) is 0 Å². The maximum Gasteiger partial charge on any atom is 0.292 e. The fourth-order valence-electron chi connectivity index (χ4n) is 4.30. The summed E-state index contributed by atoms with van der Waals surface area (Å²) in [5.74, 6) is 1.15. The van der Waals surface area contributed by atoms with Crippen molar-refractivity contribution in [3.05, 3.63) is 70.5 Å². The maximum atomic E-state index is 12.3. The first-order valence-electron chi connectivity index (χ1n) is 11.5. The average molecular weight is 506 g/mol. The van der Waals surface area contributed by atoms with Crippen molar-refractivity contribution in [2.45, 2.75) is 19.5 Å². The molecule has 0 saturated carbocycles. The van der Waals surface area contributed by atoms with Crippen molar-refractivity contribution in [2.24, 2.45) is 5.73 Å². The molecule has 1 aliphatic rings. The molecule has 186 valence electrons. The molecule has 0 spiro atoms. The first-order valence-corrected chi connectivity index (χ1v) is 12.7. The van der Waals surface area contributed by atoms with Crippen LogP contribution in [0.25, 0.3) is 11.1 Å². The van der Waals surface area contributed by atoms with Crippen LogP contribution in [0.5, 0.6) is 0 Å². The Kier molecular flexibility index (Phi) is 6.74. The number of hydrogen-bond donors (Lipinski definition) is 5. The Balaban J connectivity index is 1.33. The molecule has 0 saturated heterocycles. The SMILES string of the molecule is N=C(c1ccc2oc(N)nc2c1)c1c(N)ncnc1NCc1ccc2c(c1)CCN([S+]([O-])CCN)C2. The van der Waals surface area contributed by atoms with Crippen LogP contribution in [0.1, 0.15) is 27.8 Å². The lowest BCUT2D eigenvalue weighted by Gasteiger charge is -2.29. The number of nitrogens with zero attached hydrogens (tertiary/aromatic N) is 4. The number of oxazole rings is 1. The molecule has 11 nitrogen and oxygen atoms in total. The van der Waals surface area contributed by atoms with Gasteiger partial charge < -0.3 is 31.5 Å². The highest BCUT2D eigenvalue weighted by Crippen LogP contribution is 2.26. The maximum absolute atomic E-state index is 12.3. The second-order valence-electron chi connectivity index (χ2n) is 8.48. The van der Waals surface area contributed by atoms with Crippen LogP contribution < -0.4 is 22.5 Å². The van der Waals surface area contributed by atoms with E-state index < -0.39 is 11.4 Å². The molecule has 0 fully saturated rings. The Hall–Kier alpha value is -3.71. The van der Waals surface area contributed by atoms with Crippen molar-refractivity contribution >= 4 is 45.8 Å². The average Bonchev–Trinajstić information content (AvgIpc) is 3.26. The molecule has 1 unspecified atom stereocenters. The van der Waals surface area contributed by atoms with E-state index in [-0.39, 0.29) is 17.5 Å². The summed E-state index contributed by atoms with van der Waals surface area (Å²) in [7, 11) is 0. The Bertz CT molecular complexity index is 1420. The predicted molar refractivity (Wildman–Crippen MR) is 141 cm³/mol. The number of nitrogens with two attached hydrogens (primary N) is 3. The molecule has 5 rings (SSSR count). The van der Waals surface area contributed by atoms with Gasteiger partial charge in [0, 0.05) is 36.6 Å². The van der Waals surface area contributed by atoms with E-state index in [1.54, 1.807) is 18.2 Å². The third-order valence-corrected chi connectivity index (χ3v) is 7.58. The predicted octanol–water partition coefficient (Wildman–Crippen LogP) is 1.79. The quantitative estimate of drug-likeness (QED) is 0.174. The molecule has 1 aliphatic heterocycles. The monoisotopic (exact) mass is 505 g/mol. The van der Waals surface area contributed by atoms with Crippen LogP contribution in [-0.4, -0.2) is 48.4 Å². The van der Waals surface area contributed by atoms with E-state index in [4.69, 9.17) is 27.0 Å². The summed E-state index contributed by atoms with van der Waals surface area (Å²) in [6, 6.07) is 11.5. The van der Waals surface area contributed by atoms with Gasteiger partial charge in [-0.15, -0.1) is 4.31 Å². The first kappa shape index (κ1) is 24.0. The Morgan fingerprint density at radius 2 is 2.03 bits per heavy atom. The first-order chi connectivity index (χ1) is 17.4. The normalized spacial score (nSPS) is 14.5. The van der Waals surface area contributed by atoms with Crippen LogP contribution >= 0.6 is 0 Å². The summed E-state index contributed by atoms with van der Waals surface area (Å²) < 4.78 is 19.6. The van der Waals surface area contributed by atoms with E-state index in [1.807, 2.05) is 10.4 Å². The number of anilines is 3. The molecule has 0 bridgehead atoms. The molecule has 12 heteroatoms. The van der Waals surface area contributed by atoms with E-state index >= 15 is 0 Å². The van der Waals surface area contributed by atoms with Gasteiger partial charge in [-0.05, 0) is 41.3 Å². The summed E-state index contributed by atoms with van der Waals surface area (Å²) >= 11 is -1.05. The van der Waals surface area contributed by atoms with Gasteiger partial charge in [-0.2, -0.15) is 4.98 Å². The lowest BCUT2D eigenvalue weighted by atomic mass is 9.98. The fourth-order valence-corrected chi connectivity index (χ4v) is 5.34. The summed E-state index contributed by atoms with van der Waals surface area (Å²) in [5, 5.41) is 12.1. The highest BCUT2D eigenvalue weighted by Gasteiger charge is 2.25. The standard InChI is InChI=1S/C24H27N9O2S/c25-6-8-36(34)33-7-5-15-9-14(1-2-17(15)12-33)11-29-23-20(22(27)30-13-31-23)21(26)16-3-4-19-18(10-16)32-24(28)35-19/h1-4,9-10,13,26H,5-8,11-12,25H2,(H2,28,32)(H3,27,29,30,31). The second-order valence-corrected chi connectivity index (χ2v) is 10.0. The smallest absolute Gasteiger partial charge is 0.292 e. The number of fused-ring (bicyclic) bond motifs is 2. The van der Waals surface area contributed by atoms with Crippen LogP contribution in [-0.2, 0) is 30.9 Å². The van der Waals surface area contributed by atoms with Gasteiger partial charge in [-0.1, -0.05) is 18.2 Å². The zero-order valence-corrected chi connectivity index (χ0v) is 20.3. The minimum Gasteiger partial charge on any atom is -0.598 e. The highest BCUT2D eigenvalue weighted by molar-refractivity contribution is 7.89. The largest absolute Gasteiger partial charge is 0.598 e. The molecule has 1 atom stereocenters. The van der Waals surface area contributed by atoms with Crippen LogP contribution in [0, 0.1) is 5.41 Å². The van der Waals surface area contributed by atoms with E-state index in [9.17, 15) is 4.55 Å². The Labute approximate surface area is 210 Å². The van der Waals surface area contributed by atoms with Gasteiger partial charge in [0.1, 0.15) is 29.2 Å². The number of rotatable bonds is 8. The summed E-state index contributed by atoms with van der Waals surface area (Å²) in [5.41, 5.74) is 23.1. The van der Waals surface area contributed by atoms with Crippen LogP contribution in [0.2, 0.25) is 0 Å². The summed E-state index contributed by atoms with van der Waals surface area (Å²) in [4.78, 5) is 12.6. The number of benzene rings is 2. The Morgan fingerprint density at radius 1 is 1.17 bits per heavy atom. The fraction of sp³-hybridized carbons (Fsp3) is 0.250. The molecule has 4 aromatic rings. The lowest BCUT2D eigenvalue weighted by molar-refractivity contribution is 0.391. The molecule has 36 heavy (non-hydrogen) atoms. The molecule has 0 aliphatic carbocycles. The third kappa shape index (κ3) is 4.84. The number of hydrogen-bond acceptors (Lipinski definition) is 11. The van der Waals surface area contributed by atoms with Gasteiger partial charge in [0.15, 0.2) is 5.58 Å². The summed E-state index contributed by atoms with van der Waals surface area (Å²) in [6.45, 7) is 2.30. The summed E-state index contributed by atoms with van der Waals surface area (Å²) in [6.07, 6.45) is 2.20. The molecule has 2 aromatic carbocycles. The van der Waals surface area contributed by atoms with Crippen LogP contribution in [0.4, 0.5) is 17.7 Å². The van der Waals surface area contributed by atoms with Gasteiger partial charge in [0.2, 0.25) is 0 Å². The minimum absolute atomic E-state index is 0.0696. The molecule has 0 radical (unpaired) electrons. The number of aromatic nitrogens is 3. The van der Waals surface area contributed by atoms with Crippen LogP contribution in [0.3, 0.4) is 0 Å². The Morgan fingerprint density at radius 3 is 2.86 bits per heavy atom. The van der Waals surface area contributed by atoms with E-state index in [1.165, 1.54) is 17.5 Å². The van der Waals surface area contributed by atoms with Crippen molar-refractivity contribution in [1.82, 2.24) is 19.3 Å². The molecule has 0 amide bonds. The van der Waals surface area contributed by atoms with Gasteiger partial charge in [-0.25, -0.2) is 9.97 Å². The third-order valence-electron chi connectivity index (χ3n) is 6.11. The van der Waals surface area contributed by atoms with Crippen molar-refractivity contribution in [2.75, 3.05) is 35.6 Å². The van der Waals surface area contributed by atoms with E-state index in [2.05, 4.69) is 32.4 Å². The van der Waals surface area contributed by atoms with Crippen molar-refractivity contribution in [3.8, 4) is 0 Å². The van der Waals surface area contributed by atoms with Crippen molar-refractivity contribution < 1.29 is 8.97 Å². The van der Waals surface area contributed by atoms with E-state index in [0.29, 0.717) is 53.4 Å². The van der Waals surface area contributed by atoms with Gasteiger partial charge in [-0.3, -0.25) is 5.41 Å². The van der Waals surface area contributed by atoms with Gasteiger partial charge in [0.25, 0.3) is 6.01 Å². The lowest BCUT2D eigenvalue weighted by Crippen LogP contribution is -2.39. The number of nitrogen functional groups attached to an aromatic ring is 2. The molecule has 3 heterocycles. The van der Waals surface area contributed by atoms with Crippen molar-refractivity contribution in [1.29, 1.82) is 5.41 Å². The molecule has 8 N–H and O–H groups in total. The van der Waals surface area contributed by atoms with E-state index in [0.717, 1.165) is 18.5 Å². The van der Waals surface area contributed by atoms with Crippen LogP contribution in [0.15, 0.2) is 47.1 Å². The zero-order chi connectivity index (χ0) is 25.2.